The monoisotopic (exact) mass is 269 g/mol. The van der Waals surface area contributed by atoms with E-state index in [4.69, 9.17) is 5.11 Å². The Morgan fingerprint density at radius 1 is 1.44 bits per heavy atom. The van der Waals surface area contributed by atoms with Crippen LogP contribution in [0, 0.1) is 5.92 Å². The first kappa shape index (κ1) is 13.3. The molecule has 1 aromatic rings. The van der Waals surface area contributed by atoms with Gasteiger partial charge in [-0.25, -0.2) is 0 Å². The molecule has 1 saturated heterocycles. The number of carbonyl (C=O) groups is 1. The maximum atomic E-state index is 11.0. The van der Waals surface area contributed by atoms with E-state index >= 15 is 0 Å². The zero-order valence-corrected chi connectivity index (χ0v) is 11.8. The van der Waals surface area contributed by atoms with Gasteiger partial charge < -0.3 is 10.0 Å². The molecule has 1 aliphatic rings. The number of anilines is 1. The van der Waals surface area contributed by atoms with Crippen molar-refractivity contribution in [3.05, 3.63) is 5.01 Å². The maximum Gasteiger partial charge on any atom is 0.308 e. The summed E-state index contributed by atoms with van der Waals surface area (Å²) in [5.41, 5.74) is -0.00208. The summed E-state index contributed by atoms with van der Waals surface area (Å²) in [6.07, 6.45) is 1.66. The molecule has 100 valence electrons. The molecule has 1 atom stereocenters. The smallest absolute Gasteiger partial charge is 0.308 e. The molecular weight excluding hydrogens is 250 g/mol. The normalized spacial score (nSPS) is 21.1. The standard InChI is InChI=1S/C12H19N3O2S/c1-12(2,3)10-13-14-11(18-10)15-6-4-5-8(7-15)9(16)17/h8H,4-7H2,1-3H3,(H,16,17). The lowest BCUT2D eigenvalue weighted by molar-refractivity contribution is -0.141. The van der Waals surface area contributed by atoms with E-state index in [9.17, 15) is 4.79 Å². The highest BCUT2D eigenvalue weighted by molar-refractivity contribution is 7.15. The number of aliphatic carboxylic acids is 1. The van der Waals surface area contributed by atoms with Crippen LogP contribution < -0.4 is 4.90 Å². The molecule has 1 aliphatic heterocycles. The zero-order valence-electron chi connectivity index (χ0n) is 11.0. The van der Waals surface area contributed by atoms with Gasteiger partial charge in [-0.1, -0.05) is 32.1 Å². The predicted molar refractivity (Wildman–Crippen MR) is 71.2 cm³/mol. The van der Waals surface area contributed by atoms with E-state index in [0.29, 0.717) is 6.54 Å². The Hall–Kier alpha value is -1.17. The minimum Gasteiger partial charge on any atom is -0.481 e. The molecule has 2 heterocycles. The van der Waals surface area contributed by atoms with Gasteiger partial charge in [-0.05, 0) is 12.8 Å². The summed E-state index contributed by atoms with van der Waals surface area (Å²) in [5.74, 6) is -0.985. The van der Waals surface area contributed by atoms with Gasteiger partial charge in [-0.3, -0.25) is 4.79 Å². The molecule has 6 heteroatoms. The highest BCUT2D eigenvalue weighted by Gasteiger charge is 2.28. The van der Waals surface area contributed by atoms with Crippen molar-refractivity contribution in [1.82, 2.24) is 10.2 Å². The maximum absolute atomic E-state index is 11.0. The number of hydrogen-bond acceptors (Lipinski definition) is 5. The lowest BCUT2D eigenvalue weighted by Crippen LogP contribution is -2.38. The van der Waals surface area contributed by atoms with Gasteiger partial charge in [0.25, 0.3) is 0 Å². The van der Waals surface area contributed by atoms with Crippen molar-refractivity contribution in [2.24, 2.45) is 5.92 Å². The van der Waals surface area contributed by atoms with Crippen molar-refractivity contribution in [3.8, 4) is 0 Å². The van der Waals surface area contributed by atoms with Crippen LogP contribution in [0.25, 0.3) is 0 Å². The SMILES string of the molecule is CC(C)(C)c1nnc(N2CCCC(C(=O)O)C2)s1. The lowest BCUT2D eigenvalue weighted by Gasteiger charge is -2.29. The molecule has 0 spiro atoms. The Bertz CT molecular complexity index is 439. The molecule has 5 nitrogen and oxygen atoms in total. The van der Waals surface area contributed by atoms with E-state index in [0.717, 1.165) is 29.5 Å². The molecular formula is C12H19N3O2S. The van der Waals surface area contributed by atoms with E-state index in [1.165, 1.54) is 0 Å². The fraction of sp³-hybridized carbons (Fsp3) is 0.750. The summed E-state index contributed by atoms with van der Waals surface area (Å²) in [5, 5.41) is 19.3. The number of carboxylic acid groups (broad SMARTS) is 1. The first-order valence-corrected chi connectivity index (χ1v) is 7.01. The van der Waals surface area contributed by atoms with Gasteiger partial charge in [-0.15, -0.1) is 10.2 Å². The fourth-order valence-corrected chi connectivity index (χ4v) is 2.94. The average molecular weight is 269 g/mol. The molecule has 0 aromatic carbocycles. The first-order chi connectivity index (χ1) is 8.38. The lowest BCUT2D eigenvalue weighted by atomic mass is 9.98. The van der Waals surface area contributed by atoms with Crippen LogP contribution in [-0.4, -0.2) is 34.4 Å². The molecule has 1 aromatic heterocycles. The highest BCUT2D eigenvalue weighted by Crippen LogP contribution is 2.31. The third kappa shape index (κ3) is 2.80. The van der Waals surface area contributed by atoms with Crippen LogP contribution in [0.5, 0.6) is 0 Å². The second-order valence-electron chi connectivity index (χ2n) is 5.76. The molecule has 1 unspecified atom stereocenters. The predicted octanol–water partition coefficient (Wildman–Crippen LogP) is 2.14. The Labute approximate surface area is 111 Å². The Kier molecular flexibility index (Phi) is 3.56. The van der Waals surface area contributed by atoms with Crippen LogP contribution in [0.15, 0.2) is 0 Å². The summed E-state index contributed by atoms with van der Waals surface area (Å²) in [6, 6.07) is 0. The van der Waals surface area contributed by atoms with Gasteiger partial charge in [0.15, 0.2) is 0 Å². The van der Waals surface area contributed by atoms with Gasteiger partial charge in [0.1, 0.15) is 5.01 Å². The van der Waals surface area contributed by atoms with Gasteiger partial charge >= 0.3 is 5.97 Å². The van der Waals surface area contributed by atoms with Crippen LogP contribution in [0.3, 0.4) is 0 Å². The quantitative estimate of drug-likeness (QED) is 0.891. The van der Waals surface area contributed by atoms with E-state index in [1.54, 1.807) is 11.3 Å². The number of hydrogen-bond donors (Lipinski definition) is 1. The average Bonchev–Trinajstić information content (AvgIpc) is 2.78. The number of aromatic nitrogens is 2. The molecule has 18 heavy (non-hydrogen) atoms. The summed E-state index contributed by atoms with van der Waals surface area (Å²) in [7, 11) is 0. The van der Waals surface area contributed by atoms with Crippen molar-refractivity contribution in [3.63, 3.8) is 0 Å². The molecule has 1 fully saturated rings. The van der Waals surface area contributed by atoms with Crippen LogP contribution in [0.1, 0.15) is 38.6 Å². The Balaban J connectivity index is 2.12. The van der Waals surface area contributed by atoms with Crippen LogP contribution >= 0.6 is 11.3 Å². The van der Waals surface area contributed by atoms with Gasteiger partial charge in [0.2, 0.25) is 5.13 Å². The van der Waals surface area contributed by atoms with Crippen molar-refractivity contribution in [1.29, 1.82) is 0 Å². The Morgan fingerprint density at radius 2 is 2.17 bits per heavy atom. The third-order valence-corrected chi connectivity index (χ3v) is 4.51. The number of nitrogens with zero attached hydrogens (tertiary/aromatic N) is 3. The minimum absolute atomic E-state index is 0.00208. The van der Waals surface area contributed by atoms with E-state index in [1.807, 2.05) is 0 Å². The molecule has 0 amide bonds. The van der Waals surface area contributed by atoms with E-state index in [2.05, 4.69) is 35.9 Å². The number of rotatable bonds is 2. The molecule has 1 N–H and O–H groups in total. The number of piperidine rings is 1. The molecule has 0 saturated carbocycles. The second kappa shape index (κ2) is 4.84. The minimum atomic E-state index is -0.708. The van der Waals surface area contributed by atoms with Gasteiger partial charge in [0, 0.05) is 18.5 Å². The summed E-state index contributed by atoms with van der Waals surface area (Å²) < 4.78 is 0. The number of carboxylic acids is 1. The van der Waals surface area contributed by atoms with E-state index < -0.39 is 5.97 Å². The first-order valence-electron chi connectivity index (χ1n) is 6.19. The molecule has 0 aliphatic carbocycles. The van der Waals surface area contributed by atoms with Crippen LogP contribution in [0.4, 0.5) is 5.13 Å². The summed E-state index contributed by atoms with van der Waals surface area (Å²) in [4.78, 5) is 13.1. The van der Waals surface area contributed by atoms with E-state index in [-0.39, 0.29) is 11.3 Å². The van der Waals surface area contributed by atoms with Crippen LogP contribution in [0.2, 0.25) is 0 Å². The van der Waals surface area contributed by atoms with Crippen molar-refractivity contribution >= 4 is 22.4 Å². The van der Waals surface area contributed by atoms with Crippen LogP contribution in [-0.2, 0) is 10.2 Å². The van der Waals surface area contributed by atoms with Crippen molar-refractivity contribution in [2.45, 2.75) is 39.0 Å². The van der Waals surface area contributed by atoms with Gasteiger partial charge in [0.05, 0.1) is 5.92 Å². The third-order valence-electron chi connectivity index (χ3n) is 3.10. The van der Waals surface area contributed by atoms with Crippen molar-refractivity contribution < 1.29 is 9.90 Å². The summed E-state index contributed by atoms with van der Waals surface area (Å²) >= 11 is 1.57. The molecule has 2 rings (SSSR count). The topological polar surface area (TPSA) is 66.3 Å². The highest BCUT2D eigenvalue weighted by atomic mass is 32.1. The Morgan fingerprint density at radius 3 is 2.72 bits per heavy atom. The molecule has 0 radical (unpaired) electrons. The van der Waals surface area contributed by atoms with Crippen molar-refractivity contribution in [2.75, 3.05) is 18.0 Å². The second-order valence-corrected chi connectivity index (χ2v) is 6.72. The zero-order chi connectivity index (χ0) is 13.3. The fourth-order valence-electron chi connectivity index (χ4n) is 2.00. The van der Waals surface area contributed by atoms with Gasteiger partial charge in [-0.2, -0.15) is 0 Å². The largest absolute Gasteiger partial charge is 0.481 e. The summed E-state index contributed by atoms with van der Waals surface area (Å²) in [6.45, 7) is 7.74. The molecule has 0 bridgehead atoms.